The van der Waals surface area contributed by atoms with Crippen LogP contribution in [-0.4, -0.2) is 29.3 Å². The van der Waals surface area contributed by atoms with Gasteiger partial charge in [0.05, 0.1) is 6.10 Å². The molecular formula is C7H11NO3. The van der Waals surface area contributed by atoms with Gasteiger partial charge >= 0.3 is 5.97 Å². The highest BCUT2D eigenvalue weighted by atomic mass is 16.6. The summed E-state index contributed by atoms with van der Waals surface area (Å²) in [6.07, 6.45) is 1.31. The fourth-order valence-electron chi connectivity index (χ4n) is 2.00. The molecule has 0 aromatic rings. The lowest BCUT2D eigenvalue weighted by Gasteiger charge is -2.30. The van der Waals surface area contributed by atoms with Crippen LogP contribution in [0.25, 0.3) is 0 Å². The molecule has 1 aliphatic carbocycles. The van der Waals surface area contributed by atoms with Crippen molar-refractivity contribution in [2.45, 2.75) is 24.5 Å². The van der Waals surface area contributed by atoms with Gasteiger partial charge in [0, 0.05) is 6.54 Å². The molecule has 62 valence electrons. The van der Waals surface area contributed by atoms with Gasteiger partial charge < -0.3 is 15.6 Å². The first kappa shape index (κ1) is 7.06. The van der Waals surface area contributed by atoms with E-state index < -0.39 is 11.6 Å². The number of fused-ring (bicyclic) bond motifs is 1. The number of ether oxygens (including phenoxy) is 1. The predicted molar refractivity (Wildman–Crippen MR) is 37.0 cm³/mol. The maximum absolute atomic E-state index is 10.7. The highest BCUT2D eigenvalue weighted by molar-refractivity contribution is 5.79. The smallest absolute Gasteiger partial charge is 0.336 e. The molecule has 2 heterocycles. The van der Waals surface area contributed by atoms with Gasteiger partial charge in [-0.25, -0.2) is 4.79 Å². The van der Waals surface area contributed by atoms with E-state index in [0.29, 0.717) is 25.3 Å². The second-order valence-corrected chi connectivity index (χ2v) is 3.36. The molecule has 2 saturated heterocycles. The van der Waals surface area contributed by atoms with E-state index in [9.17, 15) is 4.79 Å². The number of rotatable bonds is 2. The van der Waals surface area contributed by atoms with Crippen LogP contribution in [0.5, 0.6) is 0 Å². The lowest BCUT2D eigenvalue weighted by Crippen LogP contribution is -2.44. The maximum Gasteiger partial charge on any atom is 0.336 e. The molecule has 3 fully saturated rings. The van der Waals surface area contributed by atoms with Crippen molar-refractivity contribution < 1.29 is 14.6 Å². The molecular weight excluding hydrogens is 146 g/mol. The summed E-state index contributed by atoms with van der Waals surface area (Å²) in [4.78, 5) is 10.7. The molecule has 4 nitrogen and oxygen atoms in total. The van der Waals surface area contributed by atoms with E-state index in [0.717, 1.165) is 0 Å². The van der Waals surface area contributed by atoms with E-state index in [1.165, 1.54) is 0 Å². The standard InChI is InChI=1S/C7H11NO3/c8-3-5-4-1-7(2-4,11-5)6(9)10/h4-5H,1-3,8H2,(H,9,10). The SMILES string of the molecule is NCC1OC2(C(=O)O)CC1C2. The van der Waals surface area contributed by atoms with Crippen LogP contribution in [0.4, 0.5) is 0 Å². The fourth-order valence-corrected chi connectivity index (χ4v) is 2.00. The number of hydrogen-bond acceptors (Lipinski definition) is 3. The highest BCUT2D eigenvalue weighted by Crippen LogP contribution is 2.52. The highest BCUT2D eigenvalue weighted by Gasteiger charge is 2.61. The number of aliphatic carboxylic acids is 1. The molecule has 3 aliphatic rings. The Bertz CT molecular complexity index is 198. The summed E-state index contributed by atoms with van der Waals surface area (Å²) in [7, 11) is 0. The first-order valence-electron chi connectivity index (χ1n) is 3.79. The average Bonchev–Trinajstić information content (AvgIpc) is 2.37. The van der Waals surface area contributed by atoms with E-state index >= 15 is 0 Å². The number of hydrogen-bond donors (Lipinski definition) is 2. The lowest BCUT2D eigenvalue weighted by molar-refractivity contribution is -0.163. The summed E-state index contributed by atoms with van der Waals surface area (Å²) < 4.78 is 5.31. The molecule has 2 bridgehead atoms. The van der Waals surface area contributed by atoms with Gasteiger partial charge in [-0.3, -0.25) is 0 Å². The summed E-state index contributed by atoms with van der Waals surface area (Å²) in [5.74, 6) is -0.430. The molecule has 0 radical (unpaired) electrons. The lowest BCUT2D eigenvalue weighted by atomic mass is 9.72. The summed E-state index contributed by atoms with van der Waals surface area (Å²) in [6.45, 7) is 0.444. The van der Waals surface area contributed by atoms with Crippen molar-refractivity contribution in [2.75, 3.05) is 6.54 Å². The molecule has 3 N–H and O–H groups in total. The molecule has 1 unspecified atom stereocenters. The fraction of sp³-hybridized carbons (Fsp3) is 0.857. The molecule has 1 atom stereocenters. The van der Waals surface area contributed by atoms with Gasteiger partial charge in [0.2, 0.25) is 0 Å². The van der Waals surface area contributed by atoms with E-state index in [4.69, 9.17) is 15.6 Å². The Balaban J connectivity index is 2.10. The average molecular weight is 157 g/mol. The Morgan fingerprint density at radius 2 is 2.36 bits per heavy atom. The van der Waals surface area contributed by atoms with Crippen LogP contribution in [0.3, 0.4) is 0 Å². The molecule has 0 spiro atoms. The van der Waals surface area contributed by atoms with Crippen LogP contribution < -0.4 is 5.73 Å². The topological polar surface area (TPSA) is 72.5 Å². The number of nitrogens with two attached hydrogens (primary N) is 1. The second-order valence-electron chi connectivity index (χ2n) is 3.36. The van der Waals surface area contributed by atoms with Crippen molar-refractivity contribution in [3.05, 3.63) is 0 Å². The molecule has 3 rings (SSSR count). The molecule has 4 heteroatoms. The zero-order valence-corrected chi connectivity index (χ0v) is 6.12. The largest absolute Gasteiger partial charge is 0.479 e. The Morgan fingerprint density at radius 3 is 2.64 bits per heavy atom. The van der Waals surface area contributed by atoms with Crippen molar-refractivity contribution in [1.29, 1.82) is 0 Å². The summed E-state index contributed by atoms with van der Waals surface area (Å²) in [6, 6.07) is 0. The zero-order chi connectivity index (χ0) is 8.06. The van der Waals surface area contributed by atoms with Crippen LogP contribution in [0.1, 0.15) is 12.8 Å². The normalized spacial score (nSPS) is 47.0. The quantitative estimate of drug-likeness (QED) is 0.571. The van der Waals surface area contributed by atoms with Crippen LogP contribution in [-0.2, 0) is 9.53 Å². The van der Waals surface area contributed by atoms with E-state index in [1.54, 1.807) is 0 Å². The van der Waals surface area contributed by atoms with Gasteiger partial charge in [-0.1, -0.05) is 0 Å². The number of carboxylic acids is 1. The minimum Gasteiger partial charge on any atom is -0.479 e. The first-order chi connectivity index (χ1) is 5.18. The van der Waals surface area contributed by atoms with E-state index in [1.807, 2.05) is 0 Å². The third kappa shape index (κ3) is 0.736. The van der Waals surface area contributed by atoms with Crippen molar-refractivity contribution in [1.82, 2.24) is 0 Å². The van der Waals surface area contributed by atoms with E-state index in [-0.39, 0.29) is 6.10 Å². The minimum atomic E-state index is -0.852. The van der Waals surface area contributed by atoms with Crippen molar-refractivity contribution in [3.8, 4) is 0 Å². The summed E-state index contributed by atoms with van der Waals surface area (Å²) >= 11 is 0. The van der Waals surface area contributed by atoms with Crippen molar-refractivity contribution in [2.24, 2.45) is 11.7 Å². The van der Waals surface area contributed by atoms with Gasteiger partial charge in [-0.15, -0.1) is 0 Å². The number of carbonyl (C=O) groups is 1. The monoisotopic (exact) mass is 157 g/mol. The molecule has 1 saturated carbocycles. The van der Waals surface area contributed by atoms with Crippen LogP contribution in [0.15, 0.2) is 0 Å². The zero-order valence-electron chi connectivity index (χ0n) is 6.12. The molecule has 0 amide bonds. The third-order valence-corrected chi connectivity index (χ3v) is 2.71. The first-order valence-corrected chi connectivity index (χ1v) is 3.79. The predicted octanol–water partition coefficient (Wildman–Crippen LogP) is -0.423. The van der Waals surface area contributed by atoms with Crippen LogP contribution >= 0.6 is 0 Å². The minimum absolute atomic E-state index is 0.00824. The Labute approximate surface area is 64.3 Å². The van der Waals surface area contributed by atoms with Crippen molar-refractivity contribution in [3.63, 3.8) is 0 Å². The van der Waals surface area contributed by atoms with Crippen LogP contribution in [0, 0.1) is 5.92 Å². The third-order valence-electron chi connectivity index (χ3n) is 2.71. The van der Waals surface area contributed by atoms with Gasteiger partial charge in [0.15, 0.2) is 5.60 Å². The number of carboxylic acid groups (broad SMARTS) is 1. The van der Waals surface area contributed by atoms with E-state index in [2.05, 4.69) is 0 Å². The van der Waals surface area contributed by atoms with Gasteiger partial charge in [-0.2, -0.15) is 0 Å². The molecule has 0 aromatic heterocycles. The second kappa shape index (κ2) is 1.95. The Kier molecular flexibility index (Phi) is 1.25. The Morgan fingerprint density at radius 1 is 1.73 bits per heavy atom. The summed E-state index contributed by atoms with van der Waals surface area (Å²) in [5, 5.41) is 8.76. The summed E-state index contributed by atoms with van der Waals surface area (Å²) in [5.41, 5.74) is 4.54. The Hall–Kier alpha value is -0.610. The molecule has 2 aliphatic heterocycles. The van der Waals surface area contributed by atoms with Gasteiger partial charge in [-0.05, 0) is 18.8 Å². The molecule has 0 aromatic carbocycles. The maximum atomic E-state index is 10.7. The van der Waals surface area contributed by atoms with Crippen molar-refractivity contribution >= 4 is 5.97 Å². The molecule has 11 heavy (non-hydrogen) atoms. The van der Waals surface area contributed by atoms with Gasteiger partial charge in [0.25, 0.3) is 0 Å². The van der Waals surface area contributed by atoms with Crippen LogP contribution in [0.2, 0.25) is 0 Å². The van der Waals surface area contributed by atoms with Gasteiger partial charge in [0.1, 0.15) is 0 Å².